The van der Waals surface area contributed by atoms with Crippen LogP contribution in [0, 0.1) is 20.8 Å². The van der Waals surface area contributed by atoms with E-state index in [9.17, 15) is 4.79 Å². The predicted octanol–water partition coefficient (Wildman–Crippen LogP) is 3.10. The van der Waals surface area contributed by atoms with Gasteiger partial charge >= 0.3 is 0 Å². The van der Waals surface area contributed by atoms with Gasteiger partial charge in [0.2, 0.25) is 5.91 Å². The average molecular weight is 388 g/mol. The van der Waals surface area contributed by atoms with Crippen molar-refractivity contribution >= 4 is 17.7 Å². The summed E-state index contributed by atoms with van der Waals surface area (Å²) in [6.45, 7) is 7.24. The molecular formula is C20H25N3O3S. The molecule has 7 heteroatoms. The van der Waals surface area contributed by atoms with Gasteiger partial charge in [-0.3, -0.25) is 4.79 Å². The highest BCUT2D eigenvalue weighted by Gasteiger charge is 2.23. The molecule has 1 aliphatic rings. The van der Waals surface area contributed by atoms with E-state index in [-0.39, 0.29) is 5.91 Å². The van der Waals surface area contributed by atoms with E-state index in [4.69, 9.17) is 9.47 Å². The van der Waals surface area contributed by atoms with Crippen LogP contribution >= 0.6 is 11.8 Å². The molecule has 0 spiro atoms. The van der Waals surface area contributed by atoms with E-state index in [1.54, 1.807) is 14.2 Å². The average Bonchev–Trinajstić information content (AvgIpc) is 2.68. The zero-order valence-corrected chi connectivity index (χ0v) is 17.3. The van der Waals surface area contributed by atoms with Gasteiger partial charge in [0.15, 0.2) is 16.7 Å². The summed E-state index contributed by atoms with van der Waals surface area (Å²) < 4.78 is 10.8. The lowest BCUT2D eigenvalue weighted by Gasteiger charge is -2.29. The molecule has 0 unspecified atom stereocenters. The number of thioether (sulfide) groups is 1. The highest BCUT2D eigenvalue weighted by Crippen LogP contribution is 2.33. The molecule has 0 fully saturated rings. The molecular weight excluding hydrogens is 362 g/mol. The van der Waals surface area contributed by atoms with Gasteiger partial charge in [0, 0.05) is 24.5 Å². The Morgan fingerprint density at radius 1 is 1.07 bits per heavy atom. The summed E-state index contributed by atoms with van der Waals surface area (Å²) in [6.07, 6.45) is 0.811. The quantitative estimate of drug-likeness (QED) is 0.580. The highest BCUT2D eigenvalue weighted by atomic mass is 32.2. The van der Waals surface area contributed by atoms with E-state index < -0.39 is 0 Å². The molecule has 1 amide bonds. The number of methoxy groups -OCH3 is 2. The molecule has 0 atom stereocenters. The van der Waals surface area contributed by atoms with Crippen molar-refractivity contribution in [2.75, 3.05) is 26.5 Å². The first-order valence-corrected chi connectivity index (χ1v) is 9.87. The number of benzene rings is 1. The standard InChI is InChI=1S/C20H25N3O3S/c1-12-13(2)21-20(22-14(12)3)27-11-19(24)23-7-6-15-8-17(25-4)18(26-5)9-16(15)10-23/h8-9H,6-7,10-11H2,1-5H3. The first-order valence-electron chi connectivity index (χ1n) is 8.89. The van der Waals surface area contributed by atoms with Crippen molar-refractivity contribution in [3.05, 3.63) is 40.2 Å². The number of carbonyl (C=O) groups excluding carboxylic acids is 1. The van der Waals surface area contributed by atoms with Gasteiger partial charge in [0.1, 0.15) is 0 Å². The number of aromatic nitrogens is 2. The lowest BCUT2D eigenvalue weighted by molar-refractivity contribution is -0.129. The van der Waals surface area contributed by atoms with Gasteiger partial charge < -0.3 is 14.4 Å². The summed E-state index contributed by atoms with van der Waals surface area (Å²) in [7, 11) is 3.26. The molecule has 2 heterocycles. The van der Waals surface area contributed by atoms with Crippen LogP contribution in [0.5, 0.6) is 11.5 Å². The van der Waals surface area contributed by atoms with Crippen molar-refractivity contribution in [1.29, 1.82) is 0 Å². The molecule has 3 rings (SSSR count). The summed E-state index contributed by atoms with van der Waals surface area (Å²) in [5.41, 5.74) is 5.34. The third-order valence-electron chi connectivity index (χ3n) is 5.01. The molecule has 27 heavy (non-hydrogen) atoms. The molecule has 0 aliphatic carbocycles. The van der Waals surface area contributed by atoms with E-state index >= 15 is 0 Å². The fourth-order valence-electron chi connectivity index (χ4n) is 3.12. The number of carbonyl (C=O) groups is 1. The van der Waals surface area contributed by atoms with E-state index in [0.29, 0.717) is 29.7 Å². The number of fused-ring (bicyclic) bond motifs is 1. The molecule has 0 radical (unpaired) electrons. The zero-order valence-electron chi connectivity index (χ0n) is 16.5. The maximum Gasteiger partial charge on any atom is 0.233 e. The van der Waals surface area contributed by atoms with Crippen LogP contribution < -0.4 is 9.47 Å². The molecule has 0 bridgehead atoms. The lowest BCUT2D eigenvalue weighted by Crippen LogP contribution is -2.37. The predicted molar refractivity (Wildman–Crippen MR) is 106 cm³/mol. The van der Waals surface area contributed by atoms with Crippen molar-refractivity contribution in [1.82, 2.24) is 14.9 Å². The molecule has 2 aromatic rings. The van der Waals surface area contributed by atoms with Crippen LogP contribution in [-0.2, 0) is 17.8 Å². The second kappa shape index (κ2) is 8.17. The number of aryl methyl sites for hydroxylation is 2. The lowest BCUT2D eigenvalue weighted by atomic mass is 9.99. The van der Waals surface area contributed by atoms with Crippen molar-refractivity contribution in [3.63, 3.8) is 0 Å². The first-order chi connectivity index (χ1) is 12.9. The summed E-state index contributed by atoms with van der Waals surface area (Å²) in [6, 6.07) is 3.98. The smallest absolute Gasteiger partial charge is 0.233 e. The number of nitrogens with zero attached hydrogens (tertiary/aromatic N) is 3. The number of rotatable bonds is 5. The van der Waals surface area contributed by atoms with Crippen LogP contribution in [0.1, 0.15) is 28.1 Å². The van der Waals surface area contributed by atoms with Crippen LogP contribution in [0.3, 0.4) is 0 Å². The van der Waals surface area contributed by atoms with Crippen LogP contribution in [0.4, 0.5) is 0 Å². The third kappa shape index (κ3) is 4.18. The summed E-state index contributed by atoms with van der Waals surface area (Å²) in [5, 5.41) is 0.660. The summed E-state index contributed by atoms with van der Waals surface area (Å²) in [5.74, 6) is 1.86. The third-order valence-corrected chi connectivity index (χ3v) is 5.84. The maximum absolute atomic E-state index is 12.7. The Hall–Kier alpha value is -2.28. The van der Waals surface area contributed by atoms with E-state index in [2.05, 4.69) is 9.97 Å². The van der Waals surface area contributed by atoms with Gasteiger partial charge in [-0.25, -0.2) is 9.97 Å². The van der Waals surface area contributed by atoms with Gasteiger partial charge in [-0.05, 0) is 56.0 Å². The monoisotopic (exact) mass is 387 g/mol. The van der Waals surface area contributed by atoms with Crippen molar-refractivity contribution in [2.45, 2.75) is 38.9 Å². The van der Waals surface area contributed by atoms with Crippen LogP contribution in [-0.4, -0.2) is 47.3 Å². The van der Waals surface area contributed by atoms with E-state index in [0.717, 1.165) is 34.7 Å². The van der Waals surface area contributed by atoms with Crippen molar-refractivity contribution in [3.8, 4) is 11.5 Å². The van der Waals surface area contributed by atoms with Crippen LogP contribution in [0.2, 0.25) is 0 Å². The van der Waals surface area contributed by atoms with Gasteiger partial charge in [-0.15, -0.1) is 0 Å². The maximum atomic E-state index is 12.7. The zero-order chi connectivity index (χ0) is 19.6. The molecule has 1 aromatic heterocycles. The Morgan fingerprint density at radius 3 is 2.26 bits per heavy atom. The summed E-state index contributed by atoms with van der Waals surface area (Å²) >= 11 is 1.40. The number of ether oxygens (including phenoxy) is 2. The molecule has 0 saturated heterocycles. The second-order valence-corrected chi connectivity index (χ2v) is 7.57. The topological polar surface area (TPSA) is 64.6 Å². The number of hydrogen-bond acceptors (Lipinski definition) is 6. The molecule has 0 saturated carbocycles. The summed E-state index contributed by atoms with van der Waals surface area (Å²) in [4.78, 5) is 23.5. The normalized spacial score (nSPS) is 13.3. The Bertz CT molecular complexity index is 847. The minimum atomic E-state index is 0.0971. The van der Waals surface area contributed by atoms with Crippen molar-refractivity contribution < 1.29 is 14.3 Å². The molecule has 1 aromatic carbocycles. The second-order valence-electron chi connectivity index (χ2n) is 6.63. The van der Waals surface area contributed by atoms with Gasteiger partial charge in [-0.1, -0.05) is 11.8 Å². The largest absolute Gasteiger partial charge is 0.493 e. The minimum absolute atomic E-state index is 0.0971. The van der Waals surface area contributed by atoms with Gasteiger partial charge in [-0.2, -0.15) is 0 Å². The highest BCUT2D eigenvalue weighted by molar-refractivity contribution is 7.99. The molecule has 0 N–H and O–H groups in total. The van der Waals surface area contributed by atoms with Gasteiger partial charge in [0.25, 0.3) is 0 Å². The number of hydrogen-bond donors (Lipinski definition) is 0. The van der Waals surface area contributed by atoms with Gasteiger partial charge in [0.05, 0.1) is 20.0 Å². The molecule has 144 valence electrons. The van der Waals surface area contributed by atoms with Crippen molar-refractivity contribution in [2.24, 2.45) is 0 Å². The SMILES string of the molecule is COc1cc2c(cc1OC)CN(C(=O)CSc1nc(C)c(C)c(C)n1)CC2. The Balaban J connectivity index is 1.67. The Labute approximate surface area is 164 Å². The minimum Gasteiger partial charge on any atom is -0.493 e. The fraction of sp³-hybridized carbons (Fsp3) is 0.450. The van der Waals surface area contributed by atoms with E-state index in [1.807, 2.05) is 37.8 Å². The molecule has 1 aliphatic heterocycles. The van der Waals surface area contributed by atoms with Crippen LogP contribution in [0.15, 0.2) is 17.3 Å². The number of amides is 1. The van der Waals surface area contributed by atoms with E-state index in [1.165, 1.54) is 17.3 Å². The fourth-order valence-corrected chi connectivity index (χ4v) is 3.96. The first kappa shape index (κ1) is 19.5. The Kier molecular flexibility index (Phi) is 5.89. The van der Waals surface area contributed by atoms with Crippen LogP contribution in [0.25, 0.3) is 0 Å². The molecule has 6 nitrogen and oxygen atoms in total. The Morgan fingerprint density at radius 2 is 1.67 bits per heavy atom.